The van der Waals surface area contributed by atoms with Crippen molar-refractivity contribution in [3.8, 4) is 11.5 Å². The molecule has 0 spiro atoms. The van der Waals surface area contributed by atoms with Crippen LogP contribution in [0.3, 0.4) is 0 Å². The second-order valence-corrected chi connectivity index (χ2v) is 5.72. The molecule has 0 saturated carbocycles. The minimum atomic E-state index is -0.811. The van der Waals surface area contributed by atoms with Gasteiger partial charge in [-0.25, -0.2) is 14.3 Å². The summed E-state index contributed by atoms with van der Waals surface area (Å²) in [4.78, 5) is 15.5. The first kappa shape index (κ1) is 16.1. The molecule has 24 heavy (non-hydrogen) atoms. The van der Waals surface area contributed by atoms with E-state index >= 15 is 0 Å². The monoisotopic (exact) mass is 392 g/mol. The number of fused-ring (bicyclic) bond motifs is 1. The number of aromatic hydroxyl groups is 1. The molecule has 3 rings (SSSR count). The lowest BCUT2D eigenvalue weighted by Crippen LogP contribution is -2.07. The summed E-state index contributed by atoms with van der Waals surface area (Å²) in [6.07, 6.45) is 2.12. The number of phenolic OH excluding ortho intramolecular Hbond substituents is 1. The standard InChI is InChI=1S/C15H13BrN4O4/c1-8-12(24-15(22)23-2)6-20-13(8)14(17-7-18-20)19-9-3-4-10(16)11(21)5-9/h3-7,21H,1-2H3,(H,17,18,19). The summed E-state index contributed by atoms with van der Waals surface area (Å²) in [5.74, 6) is 0.930. The summed E-state index contributed by atoms with van der Waals surface area (Å²) in [6, 6.07) is 5.06. The van der Waals surface area contributed by atoms with Crippen LogP contribution in [0, 0.1) is 6.92 Å². The molecule has 9 heteroatoms. The van der Waals surface area contributed by atoms with Crippen LogP contribution in [-0.4, -0.2) is 33.0 Å². The van der Waals surface area contributed by atoms with Crippen LogP contribution >= 0.6 is 15.9 Å². The van der Waals surface area contributed by atoms with Crippen molar-refractivity contribution in [2.24, 2.45) is 0 Å². The molecule has 2 N–H and O–H groups in total. The van der Waals surface area contributed by atoms with E-state index in [0.29, 0.717) is 32.8 Å². The molecule has 8 nitrogen and oxygen atoms in total. The van der Waals surface area contributed by atoms with Crippen LogP contribution in [0.25, 0.3) is 5.52 Å². The van der Waals surface area contributed by atoms with Crippen LogP contribution < -0.4 is 10.1 Å². The molecule has 1 aromatic carbocycles. The predicted molar refractivity (Wildman–Crippen MR) is 89.8 cm³/mol. The summed E-state index contributed by atoms with van der Waals surface area (Å²) in [5, 5.41) is 17.0. The highest BCUT2D eigenvalue weighted by molar-refractivity contribution is 9.10. The number of halogens is 1. The average molecular weight is 393 g/mol. The van der Waals surface area contributed by atoms with Crippen LogP contribution in [0.5, 0.6) is 11.5 Å². The fourth-order valence-corrected chi connectivity index (χ4v) is 2.44. The van der Waals surface area contributed by atoms with E-state index in [2.05, 4.69) is 36.1 Å². The molecule has 0 saturated heterocycles. The first-order valence-corrected chi connectivity index (χ1v) is 7.63. The SMILES string of the molecule is COC(=O)Oc1cn2ncnc(Nc3ccc(Br)c(O)c3)c2c1C. The highest BCUT2D eigenvalue weighted by Gasteiger charge is 2.16. The number of carbonyl (C=O) groups is 1. The van der Waals surface area contributed by atoms with Crippen molar-refractivity contribution < 1.29 is 19.4 Å². The Labute approximate surface area is 145 Å². The van der Waals surface area contributed by atoms with E-state index in [1.165, 1.54) is 13.4 Å². The van der Waals surface area contributed by atoms with Crippen molar-refractivity contribution in [3.63, 3.8) is 0 Å². The second kappa shape index (κ2) is 6.36. The Morgan fingerprint density at radius 3 is 2.92 bits per heavy atom. The van der Waals surface area contributed by atoms with Gasteiger partial charge < -0.3 is 19.9 Å². The van der Waals surface area contributed by atoms with Gasteiger partial charge in [-0.1, -0.05) is 0 Å². The van der Waals surface area contributed by atoms with Crippen molar-refractivity contribution in [1.29, 1.82) is 0 Å². The quantitative estimate of drug-likeness (QED) is 0.659. The third-order valence-corrected chi connectivity index (χ3v) is 4.02. The summed E-state index contributed by atoms with van der Waals surface area (Å²) < 4.78 is 11.7. The summed E-state index contributed by atoms with van der Waals surface area (Å²) in [5.41, 5.74) is 1.95. The molecule has 0 aliphatic rings. The van der Waals surface area contributed by atoms with Gasteiger partial charge in [0.1, 0.15) is 17.6 Å². The van der Waals surface area contributed by atoms with E-state index in [-0.39, 0.29) is 5.75 Å². The molecule has 3 aromatic rings. The second-order valence-electron chi connectivity index (χ2n) is 4.87. The molecule has 2 aromatic heterocycles. The van der Waals surface area contributed by atoms with E-state index in [9.17, 15) is 9.90 Å². The highest BCUT2D eigenvalue weighted by Crippen LogP contribution is 2.32. The Balaban J connectivity index is 2.01. The fraction of sp³-hybridized carbons (Fsp3) is 0.133. The minimum absolute atomic E-state index is 0.104. The lowest BCUT2D eigenvalue weighted by Gasteiger charge is -2.08. The number of carbonyl (C=O) groups excluding carboxylic acids is 1. The lowest BCUT2D eigenvalue weighted by atomic mass is 10.2. The van der Waals surface area contributed by atoms with E-state index in [4.69, 9.17) is 4.74 Å². The summed E-state index contributed by atoms with van der Waals surface area (Å²) >= 11 is 3.23. The van der Waals surface area contributed by atoms with Gasteiger partial charge in [0, 0.05) is 17.3 Å². The maximum absolute atomic E-state index is 11.3. The van der Waals surface area contributed by atoms with Gasteiger partial charge in [-0.3, -0.25) is 0 Å². The van der Waals surface area contributed by atoms with Crippen LogP contribution in [0.2, 0.25) is 0 Å². The Morgan fingerprint density at radius 2 is 2.21 bits per heavy atom. The van der Waals surface area contributed by atoms with Crippen LogP contribution in [0.4, 0.5) is 16.3 Å². The highest BCUT2D eigenvalue weighted by atomic mass is 79.9. The van der Waals surface area contributed by atoms with Crippen LogP contribution in [0.15, 0.2) is 35.2 Å². The molecule has 0 aliphatic carbocycles. The molecule has 0 fully saturated rings. The number of methoxy groups -OCH3 is 1. The summed E-state index contributed by atoms with van der Waals surface area (Å²) in [7, 11) is 1.24. The van der Waals surface area contributed by atoms with Gasteiger partial charge in [0.05, 0.1) is 17.8 Å². The van der Waals surface area contributed by atoms with Gasteiger partial charge in [-0.15, -0.1) is 0 Å². The first-order valence-electron chi connectivity index (χ1n) is 6.84. The number of hydrogen-bond donors (Lipinski definition) is 2. The molecule has 0 amide bonds. The van der Waals surface area contributed by atoms with Crippen molar-refractivity contribution in [2.75, 3.05) is 12.4 Å². The molecule has 0 aliphatic heterocycles. The smallest absolute Gasteiger partial charge is 0.507 e. The zero-order valence-corrected chi connectivity index (χ0v) is 14.4. The van der Waals surface area contributed by atoms with Crippen LogP contribution in [-0.2, 0) is 4.74 Å². The van der Waals surface area contributed by atoms with E-state index in [0.717, 1.165) is 0 Å². The molecule has 0 unspecified atom stereocenters. The molecule has 2 heterocycles. The Bertz CT molecular complexity index is 925. The predicted octanol–water partition coefficient (Wildman–Crippen LogP) is 3.39. The number of rotatable bonds is 3. The van der Waals surface area contributed by atoms with Crippen molar-refractivity contribution in [3.05, 3.63) is 40.8 Å². The fourth-order valence-electron chi connectivity index (χ4n) is 2.19. The maximum Gasteiger partial charge on any atom is 0.513 e. The Hall–Kier alpha value is -2.81. The van der Waals surface area contributed by atoms with E-state index in [1.807, 2.05) is 0 Å². The van der Waals surface area contributed by atoms with Crippen molar-refractivity contribution in [2.45, 2.75) is 6.92 Å². The van der Waals surface area contributed by atoms with Crippen molar-refractivity contribution in [1.82, 2.24) is 14.6 Å². The van der Waals surface area contributed by atoms with Gasteiger partial charge in [0.2, 0.25) is 0 Å². The number of aryl methyl sites for hydroxylation is 1. The number of phenols is 1. The molecular weight excluding hydrogens is 380 g/mol. The molecule has 0 radical (unpaired) electrons. The van der Waals surface area contributed by atoms with Crippen LogP contribution in [0.1, 0.15) is 5.56 Å². The van der Waals surface area contributed by atoms with E-state index in [1.54, 1.807) is 35.8 Å². The Morgan fingerprint density at radius 1 is 1.42 bits per heavy atom. The zero-order chi connectivity index (χ0) is 17.3. The average Bonchev–Trinajstić information content (AvgIpc) is 2.88. The van der Waals surface area contributed by atoms with Gasteiger partial charge >= 0.3 is 6.16 Å². The third kappa shape index (κ3) is 2.98. The molecule has 0 bridgehead atoms. The van der Waals surface area contributed by atoms with Gasteiger partial charge in [0.15, 0.2) is 11.6 Å². The zero-order valence-electron chi connectivity index (χ0n) is 12.8. The third-order valence-electron chi connectivity index (χ3n) is 3.35. The lowest BCUT2D eigenvalue weighted by molar-refractivity contribution is 0.121. The number of benzene rings is 1. The first-order chi connectivity index (χ1) is 11.5. The number of nitrogens with one attached hydrogen (secondary N) is 1. The maximum atomic E-state index is 11.3. The van der Waals surface area contributed by atoms with Crippen molar-refractivity contribution >= 4 is 39.1 Å². The number of aromatic nitrogens is 3. The largest absolute Gasteiger partial charge is 0.513 e. The topological polar surface area (TPSA) is 98.0 Å². The summed E-state index contributed by atoms with van der Waals surface area (Å²) in [6.45, 7) is 1.78. The number of hydrogen-bond acceptors (Lipinski definition) is 7. The number of anilines is 2. The van der Waals surface area contributed by atoms with Gasteiger partial charge in [-0.05, 0) is 35.0 Å². The number of nitrogens with zero attached hydrogens (tertiary/aromatic N) is 3. The van der Waals surface area contributed by atoms with Gasteiger partial charge in [-0.2, -0.15) is 5.10 Å². The molecule has 124 valence electrons. The van der Waals surface area contributed by atoms with E-state index < -0.39 is 6.16 Å². The minimum Gasteiger partial charge on any atom is -0.507 e. The molecular formula is C15H13BrN4O4. The Kier molecular flexibility index (Phi) is 4.26. The normalized spacial score (nSPS) is 10.6. The van der Waals surface area contributed by atoms with Gasteiger partial charge in [0.25, 0.3) is 0 Å². The number of ether oxygens (including phenoxy) is 2. The molecule has 0 atom stereocenters.